The summed E-state index contributed by atoms with van der Waals surface area (Å²) in [6, 6.07) is 11.1. The number of nitrogens with one attached hydrogen (secondary N) is 2. The topological polar surface area (TPSA) is 24.1 Å². The highest BCUT2D eigenvalue weighted by Crippen LogP contribution is 2.16. The second-order valence-corrected chi connectivity index (χ2v) is 4.09. The Morgan fingerprint density at radius 3 is 2.79 bits per heavy atom. The van der Waals surface area contributed by atoms with Gasteiger partial charge in [0, 0.05) is 11.7 Å². The van der Waals surface area contributed by atoms with Gasteiger partial charge in [0.1, 0.15) is 0 Å². The molecule has 2 heteroatoms. The van der Waals surface area contributed by atoms with Crippen LogP contribution in [0.2, 0.25) is 0 Å². The summed E-state index contributed by atoms with van der Waals surface area (Å²) in [6.45, 7) is 4.56. The van der Waals surface area contributed by atoms with Crippen LogP contribution < -0.4 is 10.6 Å². The molecule has 76 valence electrons. The highest BCUT2D eigenvalue weighted by atomic mass is 15.0. The third kappa shape index (κ3) is 2.26. The fourth-order valence-electron chi connectivity index (χ4n) is 1.98. The molecule has 2 N–H and O–H groups in total. The SMILES string of the molecule is C[C@H]1CNCC[C@@H]1Nc1ccccc1. The van der Waals surface area contributed by atoms with E-state index in [1.54, 1.807) is 0 Å². The lowest BCUT2D eigenvalue weighted by Crippen LogP contribution is -2.42. The van der Waals surface area contributed by atoms with Crippen LogP contribution in [-0.2, 0) is 0 Å². The Kier molecular flexibility index (Phi) is 3.04. The molecule has 1 aromatic carbocycles. The minimum Gasteiger partial charge on any atom is -0.382 e. The van der Waals surface area contributed by atoms with E-state index in [-0.39, 0.29) is 0 Å². The molecule has 0 bridgehead atoms. The molecule has 0 saturated carbocycles. The maximum absolute atomic E-state index is 3.59. The van der Waals surface area contributed by atoms with Crippen LogP contribution in [0, 0.1) is 5.92 Å². The molecule has 1 aromatic rings. The van der Waals surface area contributed by atoms with E-state index >= 15 is 0 Å². The molecule has 2 rings (SSSR count). The predicted octanol–water partition coefficient (Wildman–Crippen LogP) is 2.10. The first kappa shape index (κ1) is 9.53. The van der Waals surface area contributed by atoms with Gasteiger partial charge in [-0.25, -0.2) is 0 Å². The van der Waals surface area contributed by atoms with Crippen LogP contribution in [-0.4, -0.2) is 19.1 Å². The van der Waals surface area contributed by atoms with Gasteiger partial charge in [-0.15, -0.1) is 0 Å². The second kappa shape index (κ2) is 4.47. The largest absolute Gasteiger partial charge is 0.382 e. The fraction of sp³-hybridized carbons (Fsp3) is 0.500. The first-order chi connectivity index (χ1) is 6.86. The summed E-state index contributed by atoms with van der Waals surface area (Å²) in [5.74, 6) is 0.712. The standard InChI is InChI=1S/C12H18N2/c1-10-9-13-8-7-12(10)14-11-5-3-2-4-6-11/h2-6,10,12-14H,7-9H2,1H3/t10-,12-/m0/s1. The number of anilines is 1. The average molecular weight is 190 g/mol. The van der Waals surface area contributed by atoms with Gasteiger partial charge < -0.3 is 10.6 Å². The number of hydrogen-bond acceptors (Lipinski definition) is 2. The lowest BCUT2D eigenvalue weighted by atomic mass is 9.95. The van der Waals surface area contributed by atoms with Gasteiger partial charge in [0.15, 0.2) is 0 Å². The number of para-hydroxylation sites is 1. The van der Waals surface area contributed by atoms with Crippen molar-refractivity contribution < 1.29 is 0 Å². The Morgan fingerprint density at radius 2 is 2.07 bits per heavy atom. The lowest BCUT2D eigenvalue weighted by Gasteiger charge is -2.31. The molecule has 2 nitrogen and oxygen atoms in total. The van der Waals surface area contributed by atoms with Gasteiger partial charge in [-0.2, -0.15) is 0 Å². The quantitative estimate of drug-likeness (QED) is 0.746. The van der Waals surface area contributed by atoms with E-state index in [0.717, 1.165) is 13.1 Å². The van der Waals surface area contributed by atoms with Crippen LogP contribution in [0.4, 0.5) is 5.69 Å². The van der Waals surface area contributed by atoms with Crippen molar-refractivity contribution in [3.8, 4) is 0 Å². The molecule has 0 spiro atoms. The molecule has 1 fully saturated rings. The van der Waals surface area contributed by atoms with Gasteiger partial charge in [0.05, 0.1) is 0 Å². The van der Waals surface area contributed by atoms with Crippen LogP contribution in [0.1, 0.15) is 13.3 Å². The van der Waals surface area contributed by atoms with Crippen molar-refractivity contribution in [2.75, 3.05) is 18.4 Å². The third-order valence-corrected chi connectivity index (χ3v) is 2.91. The Balaban J connectivity index is 1.96. The number of hydrogen-bond donors (Lipinski definition) is 2. The van der Waals surface area contributed by atoms with Gasteiger partial charge in [0.2, 0.25) is 0 Å². The predicted molar refractivity (Wildman–Crippen MR) is 60.5 cm³/mol. The van der Waals surface area contributed by atoms with Gasteiger partial charge in [-0.3, -0.25) is 0 Å². The van der Waals surface area contributed by atoms with Crippen LogP contribution >= 0.6 is 0 Å². The normalized spacial score (nSPS) is 27.2. The first-order valence-corrected chi connectivity index (χ1v) is 5.38. The van der Waals surface area contributed by atoms with Crippen LogP contribution in [0.5, 0.6) is 0 Å². The van der Waals surface area contributed by atoms with Crippen molar-refractivity contribution in [1.29, 1.82) is 0 Å². The molecular weight excluding hydrogens is 172 g/mol. The van der Waals surface area contributed by atoms with E-state index in [9.17, 15) is 0 Å². The Hall–Kier alpha value is -1.02. The summed E-state index contributed by atoms with van der Waals surface area (Å²) in [4.78, 5) is 0. The van der Waals surface area contributed by atoms with Crippen molar-refractivity contribution in [3.05, 3.63) is 30.3 Å². The minimum absolute atomic E-state index is 0.624. The zero-order valence-electron chi connectivity index (χ0n) is 8.66. The number of benzene rings is 1. The van der Waals surface area contributed by atoms with Crippen LogP contribution in [0.15, 0.2) is 30.3 Å². The summed E-state index contributed by atoms with van der Waals surface area (Å²) >= 11 is 0. The molecule has 0 amide bonds. The summed E-state index contributed by atoms with van der Waals surface area (Å²) < 4.78 is 0. The molecule has 0 radical (unpaired) electrons. The fourth-order valence-corrected chi connectivity index (χ4v) is 1.98. The van der Waals surface area contributed by atoms with E-state index in [1.165, 1.54) is 12.1 Å². The Labute approximate surface area is 85.7 Å². The lowest BCUT2D eigenvalue weighted by molar-refractivity contribution is 0.368. The van der Waals surface area contributed by atoms with Crippen molar-refractivity contribution in [2.24, 2.45) is 5.92 Å². The zero-order valence-corrected chi connectivity index (χ0v) is 8.66. The number of piperidine rings is 1. The van der Waals surface area contributed by atoms with Gasteiger partial charge in [-0.1, -0.05) is 25.1 Å². The van der Waals surface area contributed by atoms with Crippen molar-refractivity contribution in [3.63, 3.8) is 0 Å². The van der Waals surface area contributed by atoms with E-state index in [0.29, 0.717) is 12.0 Å². The molecule has 0 aliphatic carbocycles. The molecule has 1 aliphatic heterocycles. The second-order valence-electron chi connectivity index (χ2n) is 4.09. The number of rotatable bonds is 2. The third-order valence-electron chi connectivity index (χ3n) is 2.91. The highest BCUT2D eigenvalue weighted by Gasteiger charge is 2.20. The minimum atomic E-state index is 0.624. The van der Waals surface area contributed by atoms with E-state index in [4.69, 9.17) is 0 Å². The molecule has 14 heavy (non-hydrogen) atoms. The van der Waals surface area contributed by atoms with Gasteiger partial charge in [-0.05, 0) is 37.6 Å². The maximum atomic E-state index is 3.59. The van der Waals surface area contributed by atoms with Crippen LogP contribution in [0.25, 0.3) is 0 Å². The summed E-state index contributed by atoms with van der Waals surface area (Å²) in [6.07, 6.45) is 1.22. The monoisotopic (exact) mass is 190 g/mol. The van der Waals surface area contributed by atoms with Gasteiger partial charge >= 0.3 is 0 Å². The van der Waals surface area contributed by atoms with E-state index in [2.05, 4.69) is 47.9 Å². The van der Waals surface area contributed by atoms with Crippen molar-refractivity contribution in [2.45, 2.75) is 19.4 Å². The maximum Gasteiger partial charge on any atom is 0.0342 e. The Bertz CT molecular complexity index is 271. The molecule has 2 atom stereocenters. The van der Waals surface area contributed by atoms with Crippen molar-refractivity contribution >= 4 is 5.69 Å². The molecule has 0 unspecified atom stereocenters. The smallest absolute Gasteiger partial charge is 0.0342 e. The van der Waals surface area contributed by atoms with E-state index in [1.807, 2.05) is 0 Å². The zero-order chi connectivity index (χ0) is 9.80. The molecule has 1 heterocycles. The summed E-state index contributed by atoms with van der Waals surface area (Å²) in [7, 11) is 0. The van der Waals surface area contributed by atoms with Gasteiger partial charge in [0.25, 0.3) is 0 Å². The highest BCUT2D eigenvalue weighted by molar-refractivity contribution is 5.43. The molecule has 1 saturated heterocycles. The molecule has 0 aromatic heterocycles. The van der Waals surface area contributed by atoms with E-state index < -0.39 is 0 Å². The summed E-state index contributed by atoms with van der Waals surface area (Å²) in [5, 5.41) is 7.00. The first-order valence-electron chi connectivity index (χ1n) is 5.38. The average Bonchev–Trinajstić information content (AvgIpc) is 2.23. The van der Waals surface area contributed by atoms with Crippen LogP contribution in [0.3, 0.4) is 0 Å². The van der Waals surface area contributed by atoms with Crippen molar-refractivity contribution in [1.82, 2.24) is 5.32 Å². The molecular formula is C12H18N2. The molecule has 1 aliphatic rings. The summed E-state index contributed by atoms with van der Waals surface area (Å²) in [5.41, 5.74) is 1.24. The Morgan fingerprint density at radius 1 is 1.29 bits per heavy atom.